The molecule has 0 atom stereocenters. The van der Waals surface area contributed by atoms with Gasteiger partial charge in [-0.1, -0.05) is 42.5 Å². The van der Waals surface area contributed by atoms with Gasteiger partial charge in [0.25, 0.3) is 0 Å². The molecule has 0 saturated carbocycles. The molecule has 4 heteroatoms. The lowest BCUT2D eigenvalue weighted by Gasteiger charge is -2.02. The number of thiocarbonyl (C=S) groups is 1. The fourth-order valence-corrected chi connectivity index (χ4v) is 2.18. The minimum atomic E-state index is -0.0994. The van der Waals surface area contributed by atoms with Crippen LogP contribution in [0.4, 0.5) is 0 Å². The number of thioether (sulfide) groups is 1. The molecular weight excluding hydrogens is 244 g/mol. The van der Waals surface area contributed by atoms with E-state index in [4.69, 9.17) is 12.2 Å². The van der Waals surface area contributed by atoms with Crippen LogP contribution in [0.15, 0.2) is 30.3 Å². The minimum absolute atomic E-state index is 0.0994. The van der Waals surface area contributed by atoms with Crippen molar-refractivity contribution in [3.63, 3.8) is 0 Å². The maximum atomic E-state index is 10.6. The Labute approximate surface area is 105 Å². The zero-order valence-electron chi connectivity index (χ0n) is 8.18. The first-order valence-corrected chi connectivity index (χ1v) is 6.44. The SMILES string of the molecule is O=C(S)CCC(=S)SCc1ccccc1. The quantitative estimate of drug-likeness (QED) is 0.642. The third-order valence-corrected chi connectivity index (χ3v) is 3.57. The zero-order chi connectivity index (χ0) is 11.1. The second-order valence-electron chi connectivity index (χ2n) is 3.04. The summed E-state index contributed by atoms with van der Waals surface area (Å²) in [5.74, 6) is 0.875. The average molecular weight is 256 g/mol. The summed E-state index contributed by atoms with van der Waals surface area (Å²) in [7, 11) is 0. The predicted molar refractivity (Wildman–Crippen MR) is 73.6 cm³/mol. The summed E-state index contributed by atoms with van der Waals surface area (Å²) in [6, 6.07) is 10.1. The first kappa shape index (κ1) is 12.7. The van der Waals surface area contributed by atoms with Crippen molar-refractivity contribution in [1.82, 2.24) is 0 Å². The third-order valence-electron chi connectivity index (χ3n) is 1.79. The van der Waals surface area contributed by atoms with Crippen molar-refractivity contribution in [2.45, 2.75) is 18.6 Å². The van der Waals surface area contributed by atoms with Crippen LogP contribution in [0.2, 0.25) is 0 Å². The van der Waals surface area contributed by atoms with Crippen LogP contribution in [0.25, 0.3) is 0 Å². The molecule has 0 spiro atoms. The molecule has 80 valence electrons. The summed E-state index contributed by atoms with van der Waals surface area (Å²) in [5.41, 5.74) is 1.25. The van der Waals surface area contributed by atoms with Crippen molar-refractivity contribution in [3.05, 3.63) is 35.9 Å². The van der Waals surface area contributed by atoms with Crippen molar-refractivity contribution < 1.29 is 4.79 Å². The smallest absolute Gasteiger partial charge is 0.186 e. The van der Waals surface area contributed by atoms with Crippen LogP contribution in [-0.4, -0.2) is 9.31 Å². The van der Waals surface area contributed by atoms with Gasteiger partial charge in [0, 0.05) is 16.4 Å². The molecule has 0 aromatic heterocycles. The molecule has 0 aliphatic carbocycles. The molecule has 1 aromatic rings. The highest BCUT2D eigenvalue weighted by Gasteiger charge is 2.01. The lowest BCUT2D eigenvalue weighted by atomic mass is 10.2. The Bertz CT molecular complexity index is 335. The van der Waals surface area contributed by atoms with E-state index >= 15 is 0 Å². The van der Waals surface area contributed by atoms with Crippen molar-refractivity contribution in [1.29, 1.82) is 0 Å². The highest BCUT2D eigenvalue weighted by molar-refractivity contribution is 8.22. The lowest BCUT2D eigenvalue weighted by molar-refractivity contribution is -0.110. The number of hydrogen-bond donors (Lipinski definition) is 1. The van der Waals surface area contributed by atoms with E-state index in [-0.39, 0.29) is 5.12 Å². The summed E-state index contributed by atoms with van der Waals surface area (Å²) < 4.78 is 0.876. The fraction of sp³-hybridized carbons (Fsp3) is 0.273. The van der Waals surface area contributed by atoms with E-state index in [9.17, 15) is 4.79 Å². The van der Waals surface area contributed by atoms with Crippen LogP contribution in [0, 0.1) is 0 Å². The first-order valence-electron chi connectivity index (χ1n) is 4.60. The molecule has 0 heterocycles. The first-order chi connectivity index (χ1) is 7.18. The molecule has 1 rings (SSSR count). The normalized spacial score (nSPS) is 9.93. The van der Waals surface area contributed by atoms with Crippen molar-refractivity contribution in [2.24, 2.45) is 0 Å². The Morgan fingerprint density at radius 1 is 1.27 bits per heavy atom. The highest BCUT2D eigenvalue weighted by atomic mass is 32.2. The molecule has 1 nitrogen and oxygen atoms in total. The van der Waals surface area contributed by atoms with Crippen molar-refractivity contribution in [3.8, 4) is 0 Å². The topological polar surface area (TPSA) is 17.1 Å². The molecular formula is C11H12OS3. The third kappa shape index (κ3) is 5.97. The van der Waals surface area contributed by atoms with Crippen LogP contribution >= 0.6 is 36.6 Å². The zero-order valence-corrected chi connectivity index (χ0v) is 10.7. The molecule has 0 fully saturated rings. The van der Waals surface area contributed by atoms with E-state index in [1.54, 1.807) is 11.8 Å². The van der Waals surface area contributed by atoms with Gasteiger partial charge in [0.05, 0.1) is 0 Å². The average Bonchev–Trinajstić information content (AvgIpc) is 2.25. The number of carbonyl (C=O) groups is 1. The minimum Gasteiger partial charge on any atom is -0.287 e. The van der Waals surface area contributed by atoms with E-state index in [0.717, 1.165) is 9.95 Å². The van der Waals surface area contributed by atoms with Gasteiger partial charge in [0.15, 0.2) is 5.12 Å². The molecule has 1 aromatic carbocycles. The maximum Gasteiger partial charge on any atom is 0.186 e. The van der Waals surface area contributed by atoms with Gasteiger partial charge in [-0.05, 0) is 12.0 Å². The fourth-order valence-electron chi connectivity index (χ4n) is 1.02. The molecule has 0 amide bonds. The summed E-state index contributed by atoms with van der Waals surface area (Å²) in [5, 5.41) is -0.0994. The summed E-state index contributed by atoms with van der Waals surface area (Å²) in [6.45, 7) is 0. The Hall–Kier alpha value is -0.320. The van der Waals surface area contributed by atoms with E-state index in [0.29, 0.717) is 12.8 Å². The predicted octanol–water partition coefficient (Wildman–Crippen LogP) is 3.48. The molecule has 0 unspecified atom stereocenters. The van der Waals surface area contributed by atoms with Crippen LogP contribution in [0.1, 0.15) is 18.4 Å². The summed E-state index contributed by atoms with van der Waals surface area (Å²) >= 11 is 10.5. The monoisotopic (exact) mass is 256 g/mol. The molecule has 0 aliphatic rings. The van der Waals surface area contributed by atoms with Gasteiger partial charge in [-0.3, -0.25) is 4.79 Å². The number of rotatable bonds is 5. The van der Waals surface area contributed by atoms with E-state index < -0.39 is 0 Å². The molecule has 0 radical (unpaired) electrons. The second kappa shape index (κ2) is 7.04. The van der Waals surface area contributed by atoms with Gasteiger partial charge in [-0.2, -0.15) is 0 Å². The van der Waals surface area contributed by atoms with E-state index in [2.05, 4.69) is 24.8 Å². The van der Waals surface area contributed by atoms with Gasteiger partial charge in [-0.25, -0.2) is 0 Å². The second-order valence-corrected chi connectivity index (χ2v) is 5.36. The molecule has 0 aliphatic heterocycles. The van der Waals surface area contributed by atoms with Gasteiger partial charge < -0.3 is 0 Å². The van der Waals surface area contributed by atoms with Gasteiger partial charge in [0.2, 0.25) is 0 Å². The molecule has 15 heavy (non-hydrogen) atoms. The Kier molecular flexibility index (Phi) is 5.98. The van der Waals surface area contributed by atoms with Crippen LogP contribution in [0.5, 0.6) is 0 Å². The van der Waals surface area contributed by atoms with E-state index in [1.165, 1.54) is 5.56 Å². The van der Waals surface area contributed by atoms with Crippen LogP contribution in [-0.2, 0) is 10.5 Å². The largest absolute Gasteiger partial charge is 0.287 e. The number of carbonyl (C=O) groups excluding carboxylic acids is 1. The number of benzene rings is 1. The number of hydrogen-bond acceptors (Lipinski definition) is 3. The Morgan fingerprint density at radius 3 is 2.53 bits per heavy atom. The van der Waals surface area contributed by atoms with Crippen LogP contribution in [0.3, 0.4) is 0 Å². The van der Waals surface area contributed by atoms with Crippen molar-refractivity contribution >= 4 is 45.9 Å². The molecule has 0 saturated heterocycles. The van der Waals surface area contributed by atoms with Gasteiger partial charge in [0.1, 0.15) is 0 Å². The summed E-state index contributed by atoms with van der Waals surface area (Å²) in [6.07, 6.45) is 1.08. The lowest BCUT2D eigenvalue weighted by Crippen LogP contribution is -1.94. The maximum absolute atomic E-state index is 10.6. The summed E-state index contributed by atoms with van der Waals surface area (Å²) in [4.78, 5) is 10.6. The Morgan fingerprint density at radius 2 is 1.93 bits per heavy atom. The Balaban J connectivity index is 2.26. The van der Waals surface area contributed by atoms with E-state index in [1.807, 2.05) is 18.2 Å². The molecule has 0 bridgehead atoms. The van der Waals surface area contributed by atoms with Gasteiger partial charge in [-0.15, -0.1) is 24.4 Å². The van der Waals surface area contributed by atoms with Crippen molar-refractivity contribution in [2.75, 3.05) is 0 Å². The van der Waals surface area contributed by atoms with Crippen LogP contribution < -0.4 is 0 Å². The standard InChI is InChI=1S/C11H12OS3/c12-10(13)6-7-11(14)15-8-9-4-2-1-3-5-9/h1-5H,6-8H2,(H,12,13). The highest BCUT2D eigenvalue weighted by Crippen LogP contribution is 2.17. The molecule has 0 N–H and O–H groups in total. The van der Waals surface area contributed by atoms with Gasteiger partial charge >= 0.3 is 0 Å². The number of thiol groups is 1.